The first-order valence-corrected chi connectivity index (χ1v) is 12.3. The van der Waals surface area contributed by atoms with Crippen LogP contribution in [0.4, 0.5) is 4.39 Å². The van der Waals surface area contributed by atoms with Crippen molar-refractivity contribution in [2.75, 3.05) is 0 Å². The fourth-order valence-electron chi connectivity index (χ4n) is 3.71. The number of hydrogen-bond acceptors (Lipinski definition) is 2. The third-order valence-electron chi connectivity index (χ3n) is 5.90. The summed E-state index contributed by atoms with van der Waals surface area (Å²) >= 11 is 12.5. The van der Waals surface area contributed by atoms with E-state index in [-0.39, 0.29) is 36.6 Å². The first-order chi connectivity index (χ1) is 16.8. The Morgan fingerprint density at radius 2 is 1.66 bits per heavy atom. The highest BCUT2D eigenvalue weighted by Gasteiger charge is 2.31. The zero-order valence-corrected chi connectivity index (χ0v) is 21.3. The highest BCUT2D eigenvalue weighted by molar-refractivity contribution is 6.35. The molecule has 0 aliphatic rings. The summed E-state index contributed by atoms with van der Waals surface area (Å²) in [7, 11) is 0. The van der Waals surface area contributed by atoms with Crippen molar-refractivity contribution in [3.8, 4) is 0 Å². The van der Waals surface area contributed by atoms with E-state index in [1.807, 2.05) is 44.2 Å². The lowest BCUT2D eigenvalue weighted by atomic mass is 10.0. The molecule has 0 fully saturated rings. The minimum atomic E-state index is -0.772. The van der Waals surface area contributed by atoms with Crippen molar-refractivity contribution < 1.29 is 14.0 Å². The van der Waals surface area contributed by atoms with Crippen molar-refractivity contribution in [3.63, 3.8) is 0 Å². The molecule has 0 aromatic heterocycles. The van der Waals surface area contributed by atoms with Crippen LogP contribution in [0.2, 0.25) is 10.0 Å². The van der Waals surface area contributed by atoms with Crippen LogP contribution in [0.3, 0.4) is 0 Å². The van der Waals surface area contributed by atoms with Gasteiger partial charge in [-0.2, -0.15) is 0 Å². The van der Waals surface area contributed by atoms with Crippen LogP contribution in [0.15, 0.2) is 72.8 Å². The molecule has 3 aromatic rings. The number of halogens is 3. The molecule has 3 rings (SSSR count). The number of carbonyl (C=O) groups is 2. The summed E-state index contributed by atoms with van der Waals surface area (Å²) in [6, 6.07) is 19.6. The summed E-state index contributed by atoms with van der Waals surface area (Å²) in [5.74, 6) is -0.871. The first-order valence-electron chi connectivity index (χ1n) is 11.6. The van der Waals surface area contributed by atoms with Gasteiger partial charge in [0.15, 0.2) is 0 Å². The van der Waals surface area contributed by atoms with Crippen LogP contribution in [0.5, 0.6) is 0 Å². The Bertz CT molecular complexity index is 1140. The molecule has 2 amide bonds. The van der Waals surface area contributed by atoms with E-state index in [1.54, 1.807) is 35.2 Å². The van der Waals surface area contributed by atoms with E-state index in [1.165, 1.54) is 12.1 Å². The Balaban J connectivity index is 1.99. The van der Waals surface area contributed by atoms with Crippen molar-refractivity contribution >= 4 is 35.0 Å². The highest BCUT2D eigenvalue weighted by atomic mass is 35.5. The third-order valence-corrected chi connectivity index (χ3v) is 6.48. The van der Waals surface area contributed by atoms with E-state index in [4.69, 9.17) is 23.2 Å². The molecule has 184 valence electrons. The molecule has 3 aromatic carbocycles. The SMILES string of the molecule is CC[C@@H](C)NC(=O)[C@H](Cc1ccccc1)N(Cc1ccc(Cl)cc1Cl)C(=O)Cc1ccc(F)cc1. The molecule has 0 unspecified atom stereocenters. The van der Waals surface area contributed by atoms with Gasteiger partial charge in [-0.25, -0.2) is 4.39 Å². The second kappa shape index (κ2) is 12.7. The Kier molecular flexibility index (Phi) is 9.70. The number of hydrogen-bond donors (Lipinski definition) is 1. The molecule has 0 saturated carbocycles. The average Bonchev–Trinajstić information content (AvgIpc) is 2.84. The van der Waals surface area contributed by atoms with Gasteiger partial charge in [-0.05, 0) is 54.3 Å². The van der Waals surface area contributed by atoms with E-state index >= 15 is 0 Å². The molecule has 0 spiro atoms. The summed E-state index contributed by atoms with van der Waals surface area (Å²) in [5.41, 5.74) is 2.26. The minimum absolute atomic E-state index is 0.0212. The van der Waals surface area contributed by atoms with Crippen molar-refractivity contribution in [3.05, 3.63) is 105 Å². The van der Waals surface area contributed by atoms with Gasteiger partial charge in [-0.15, -0.1) is 0 Å². The number of rotatable bonds is 10. The van der Waals surface area contributed by atoms with Gasteiger partial charge in [-0.1, -0.05) is 78.7 Å². The quantitative estimate of drug-likeness (QED) is 0.348. The van der Waals surface area contributed by atoms with Crippen molar-refractivity contribution in [1.29, 1.82) is 0 Å². The number of benzene rings is 3. The molecular formula is C28H29Cl2FN2O2. The maximum atomic E-state index is 13.7. The van der Waals surface area contributed by atoms with Crippen molar-refractivity contribution in [2.24, 2.45) is 0 Å². The Morgan fingerprint density at radius 1 is 0.971 bits per heavy atom. The van der Waals surface area contributed by atoms with Gasteiger partial charge >= 0.3 is 0 Å². The number of nitrogens with one attached hydrogen (secondary N) is 1. The van der Waals surface area contributed by atoms with Gasteiger partial charge in [0, 0.05) is 29.1 Å². The van der Waals surface area contributed by atoms with Crippen LogP contribution in [0.25, 0.3) is 0 Å². The minimum Gasteiger partial charge on any atom is -0.352 e. The predicted molar refractivity (Wildman–Crippen MR) is 139 cm³/mol. The molecule has 35 heavy (non-hydrogen) atoms. The maximum Gasteiger partial charge on any atom is 0.243 e. The van der Waals surface area contributed by atoms with E-state index in [0.29, 0.717) is 27.6 Å². The molecule has 4 nitrogen and oxygen atoms in total. The maximum absolute atomic E-state index is 13.7. The first kappa shape index (κ1) is 26.7. The summed E-state index contributed by atoms with van der Waals surface area (Å²) in [5, 5.41) is 3.93. The zero-order chi connectivity index (χ0) is 25.4. The molecule has 0 radical (unpaired) electrons. The highest BCUT2D eigenvalue weighted by Crippen LogP contribution is 2.24. The topological polar surface area (TPSA) is 49.4 Å². The Labute approximate surface area is 216 Å². The second-order valence-corrected chi connectivity index (χ2v) is 9.43. The molecule has 0 bridgehead atoms. The standard InChI is InChI=1S/C28H29Cl2FN2O2/c1-3-19(2)32-28(35)26(15-20-7-5-4-6-8-20)33(18-22-11-12-23(29)17-25(22)30)27(34)16-21-9-13-24(31)14-10-21/h4-14,17,19,26H,3,15-16,18H2,1-2H3,(H,32,35)/t19-,26+/m1/s1. The molecule has 2 atom stereocenters. The third kappa shape index (κ3) is 7.81. The number of amides is 2. The lowest BCUT2D eigenvalue weighted by molar-refractivity contribution is -0.141. The van der Waals surface area contributed by atoms with E-state index < -0.39 is 6.04 Å². The van der Waals surface area contributed by atoms with Crippen LogP contribution >= 0.6 is 23.2 Å². The summed E-state index contributed by atoms with van der Waals surface area (Å²) in [6.07, 6.45) is 1.12. The van der Waals surface area contributed by atoms with Crippen LogP contribution < -0.4 is 5.32 Å². The molecule has 1 N–H and O–H groups in total. The molecule has 0 saturated heterocycles. The largest absolute Gasteiger partial charge is 0.352 e. The summed E-state index contributed by atoms with van der Waals surface area (Å²) in [4.78, 5) is 28.7. The normalized spacial score (nSPS) is 12.6. The fourth-order valence-corrected chi connectivity index (χ4v) is 4.18. The van der Waals surface area contributed by atoms with Gasteiger partial charge in [0.05, 0.1) is 6.42 Å². The van der Waals surface area contributed by atoms with Crippen LogP contribution in [-0.4, -0.2) is 28.8 Å². The van der Waals surface area contributed by atoms with Crippen LogP contribution in [0.1, 0.15) is 37.0 Å². The zero-order valence-electron chi connectivity index (χ0n) is 19.8. The van der Waals surface area contributed by atoms with Gasteiger partial charge in [0.25, 0.3) is 0 Å². The van der Waals surface area contributed by atoms with Gasteiger partial charge in [-0.3, -0.25) is 9.59 Å². The number of nitrogens with zero attached hydrogens (tertiary/aromatic N) is 1. The lowest BCUT2D eigenvalue weighted by Crippen LogP contribution is -2.52. The van der Waals surface area contributed by atoms with E-state index in [0.717, 1.165) is 12.0 Å². The van der Waals surface area contributed by atoms with E-state index in [2.05, 4.69) is 5.32 Å². The molecule has 0 heterocycles. The summed E-state index contributed by atoms with van der Waals surface area (Å²) in [6.45, 7) is 4.04. The van der Waals surface area contributed by atoms with Gasteiger partial charge < -0.3 is 10.2 Å². The lowest BCUT2D eigenvalue weighted by Gasteiger charge is -2.32. The molecule has 7 heteroatoms. The predicted octanol–water partition coefficient (Wildman–Crippen LogP) is 6.23. The van der Waals surface area contributed by atoms with Crippen LogP contribution in [0, 0.1) is 5.82 Å². The van der Waals surface area contributed by atoms with Gasteiger partial charge in [0.2, 0.25) is 11.8 Å². The van der Waals surface area contributed by atoms with Crippen molar-refractivity contribution in [1.82, 2.24) is 10.2 Å². The van der Waals surface area contributed by atoms with Crippen LogP contribution in [-0.2, 0) is 29.0 Å². The van der Waals surface area contributed by atoms with E-state index in [9.17, 15) is 14.0 Å². The monoisotopic (exact) mass is 514 g/mol. The second-order valence-electron chi connectivity index (χ2n) is 8.58. The molecule has 0 aliphatic heterocycles. The number of carbonyl (C=O) groups excluding carboxylic acids is 2. The van der Waals surface area contributed by atoms with Gasteiger partial charge in [0.1, 0.15) is 11.9 Å². The molecule has 0 aliphatic carbocycles. The fraction of sp³-hybridized carbons (Fsp3) is 0.286. The Morgan fingerprint density at radius 3 is 2.29 bits per heavy atom. The smallest absolute Gasteiger partial charge is 0.243 e. The van der Waals surface area contributed by atoms with Crippen molar-refractivity contribution in [2.45, 2.75) is 51.7 Å². The average molecular weight is 515 g/mol. The summed E-state index contributed by atoms with van der Waals surface area (Å²) < 4.78 is 13.4. The Hall–Kier alpha value is -2.89. The molecular weight excluding hydrogens is 486 g/mol.